The van der Waals surface area contributed by atoms with Crippen LogP contribution in [-0.4, -0.2) is 0 Å². The summed E-state index contributed by atoms with van der Waals surface area (Å²) in [6, 6.07) is 4.72. The predicted octanol–water partition coefficient (Wildman–Crippen LogP) is 4.49. The van der Waals surface area contributed by atoms with E-state index in [0.29, 0.717) is 5.92 Å². The van der Waals surface area contributed by atoms with E-state index < -0.39 is 0 Å². The van der Waals surface area contributed by atoms with Crippen molar-refractivity contribution in [2.75, 3.05) is 0 Å². The molecule has 1 unspecified atom stereocenters. The highest BCUT2D eigenvalue weighted by atomic mass is 14.3. The van der Waals surface area contributed by atoms with Crippen molar-refractivity contribution in [2.45, 2.75) is 53.4 Å². The molecule has 0 fully saturated rings. The maximum atomic E-state index is 2.38. The van der Waals surface area contributed by atoms with Crippen molar-refractivity contribution in [1.29, 1.82) is 0 Å². The smallest absolute Gasteiger partial charge is 0.0216 e. The van der Waals surface area contributed by atoms with Gasteiger partial charge in [-0.05, 0) is 59.8 Å². The molecule has 0 heterocycles. The van der Waals surface area contributed by atoms with Gasteiger partial charge in [0.15, 0.2) is 0 Å². The molecule has 2 rings (SSSR count). The lowest BCUT2D eigenvalue weighted by atomic mass is 9.91. The Kier molecular flexibility index (Phi) is 3.10. The molecule has 0 nitrogen and oxygen atoms in total. The van der Waals surface area contributed by atoms with Crippen LogP contribution in [0.3, 0.4) is 0 Å². The van der Waals surface area contributed by atoms with Gasteiger partial charge in [-0.3, -0.25) is 0 Å². The molecule has 1 aromatic rings. The summed E-state index contributed by atoms with van der Waals surface area (Å²) < 4.78 is 0. The standard InChI is InChI=1S/C16H24/c1-10(2)14-8-13-6-7-15(11(3)4)12(5)16(13)9-14/h6-7,10-11,14H,8-9H2,1-5H3. The van der Waals surface area contributed by atoms with Crippen molar-refractivity contribution in [3.05, 3.63) is 34.4 Å². The van der Waals surface area contributed by atoms with Gasteiger partial charge < -0.3 is 0 Å². The molecule has 88 valence electrons. The fourth-order valence-corrected chi connectivity index (χ4v) is 3.02. The molecule has 1 aliphatic carbocycles. The second-order valence-corrected chi connectivity index (χ2v) is 5.98. The van der Waals surface area contributed by atoms with Gasteiger partial charge in [0.25, 0.3) is 0 Å². The Balaban J connectivity index is 2.36. The Morgan fingerprint density at radius 3 is 2.31 bits per heavy atom. The number of hydrogen-bond acceptors (Lipinski definition) is 0. The lowest BCUT2D eigenvalue weighted by molar-refractivity contribution is 0.403. The zero-order valence-corrected chi connectivity index (χ0v) is 11.3. The Labute approximate surface area is 100 Å². The van der Waals surface area contributed by atoms with E-state index in [9.17, 15) is 0 Å². The lowest BCUT2D eigenvalue weighted by Crippen LogP contribution is -2.07. The first kappa shape index (κ1) is 11.7. The monoisotopic (exact) mass is 216 g/mol. The summed E-state index contributed by atoms with van der Waals surface area (Å²) in [5.41, 5.74) is 6.38. The van der Waals surface area contributed by atoms with Crippen LogP contribution in [-0.2, 0) is 12.8 Å². The molecule has 1 aromatic carbocycles. The van der Waals surface area contributed by atoms with Gasteiger partial charge in [-0.15, -0.1) is 0 Å². The minimum absolute atomic E-state index is 0.656. The molecule has 0 amide bonds. The summed E-state index contributed by atoms with van der Waals surface area (Å²) in [4.78, 5) is 0. The van der Waals surface area contributed by atoms with Crippen molar-refractivity contribution in [3.63, 3.8) is 0 Å². The van der Waals surface area contributed by atoms with E-state index in [4.69, 9.17) is 0 Å². The highest BCUT2D eigenvalue weighted by Crippen LogP contribution is 2.36. The van der Waals surface area contributed by atoms with Gasteiger partial charge in [0, 0.05) is 0 Å². The van der Waals surface area contributed by atoms with Crippen LogP contribution in [0.4, 0.5) is 0 Å². The van der Waals surface area contributed by atoms with Gasteiger partial charge in [0.2, 0.25) is 0 Å². The van der Waals surface area contributed by atoms with Crippen molar-refractivity contribution in [2.24, 2.45) is 11.8 Å². The molecule has 0 saturated carbocycles. The average Bonchev–Trinajstić information content (AvgIpc) is 2.62. The summed E-state index contributed by atoms with van der Waals surface area (Å²) in [5, 5.41) is 0. The zero-order valence-electron chi connectivity index (χ0n) is 11.3. The highest BCUT2D eigenvalue weighted by molar-refractivity contribution is 5.44. The normalized spacial score (nSPS) is 19.6. The van der Waals surface area contributed by atoms with E-state index in [2.05, 4.69) is 46.8 Å². The minimum Gasteiger partial charge on any atom is -0.0625 e. The maximum Gasteiger partial charge on any atom is -0.0216 e. The quantitative estimate of drug-likeness (QED) is 0.683. The fourth-order valence-electron chi connectivity index (χ4n) is 3.02. The van der Waals surface area contributed by atoms with E-state index in [1.807, 2.05) is 0 Å². The lowest BCUT2D eigenvalue weighted by Gasteiger charge is -2.14. The summed E-state index contributed by atoms with van der Waals surface area (Å²) >= 11 is 0. The van der Waals surface area contributed by atoms with Gasteiger partial charge in [0.1, 0.15) is 0 Å². The number of rotatable bonds is 2. The largest absolute Gasteiger partial charge is 0.0625 e. The van der Waals surface area contributed by atoms with Gasteiger partial charge in [-0.2, -0.15) is 0 Å². The first-order valence-corrected chi connectivity index (χ1v) is 6.62. The maximum absolute atomic E-state index is 2.38. The third-order valence-electron chi connectivity index (χ3n) is 4.25. The van der Waals surface area contributed by atoms with Crippen LogP contribution in [0.25, 0.3) is 0 Å². The van der Waals surface area contributed by atoms with Crippen molar-refractivity contribution in [1.82, 2.24) is 0 Å². The number of hydrogen-bond donors (Lipinski definition) is 0. The van der Waals surface area contributed by atoms with Gasteiger partial charge in [-0.25, -0.2) is 0 Å². The Morgan fingerprint density at radius 2 is 1.75 bits per heavy atom. The Hall–Kier alpha value is -0.780. The van der Waals surface area contributed by atoms with Crippen molar-refractivity contribution >= 4 is 0 Å². The molecule has 0 aromatic heterocycles. The molecule has 0 N–H and O–H groups in total. The third-order valence-corrected chi connectivity index (χ3v) is 4.25. The summed E-state index contributed by atoms with van der Waals surface area (Å²) in [6.07, 6.45) is 2.60. The summed E-state index contributed by atoms with van der Waals surface area (Å²) in [5.74, 6) is 2.34. The molecular weight excluding hydrogens is 192 g/mol. The molecule has 0 radical (unpaired) electrons. The second-order valence-electron chi connectivity index (χ2n) is 5.98. The molecule has 0 heteroatoms. The highest BCUT2D eigenvalue weighted by Gasteiger charge is 2.26. The molecule has 0 saturated heterocycles. The van der Waals surface area contributed by atoms with E-state index in [0.717, 1.165) is 11.8 Å². The Morgan fingerprint density at radius 1 is 1.06 bits per heavy atom. The van der Waals surface area contributed by atoms with Crippen LogP contribution in [0.15, 0.2) is 12.1 Å². The predicted molar refractivity (Wildman–Crippen MR) is 71.0 cm³/mol. The number of benzene rings is 1. The van der Waals surface area contributed by atoms with E-state index in [-0.39, 0.29) is 0 Å². The van der Waals surface area contributed by atoms with Crippen LogP contribution in [0.2, 0.25) is 0 Å². The van der Waals surface area contributed by atoms with Crippen molar-refractivity contribution in [3.8, 4) is 0 Å². The summed E-state index contributed by atoms with van der Waals surface area (Å²) in [7, 11) is 0. The van der Waals surface area contributed by atoms with E-state index in [1.54, 1.807) is 22.3 Å². The first-order chi connectivity index (χ1) is 7.50. The second kappa shape index (κ2) is 4.24. The molecule has 1 aliphatic rings. The number of fused-ring (bicyclic) bond motifs is 1. The molecule has 0 bridgehead atoms. The van der Waals surface area contributed by atoms with E-state index in [1.165, 1.54) is 12.8 Å². The molecule has 0 aliphatic heterocycles. The van der Waals surface area contributed by atoms with Gasteiger partial charge in [0.05, 0.1) is 0 Å². The SMILES string of the molecule is Cc1c(C(C)C)ccc2c1CC(C(C)C)C2. The minimum atomic E-state index is 0.656. The van der Waals surface area contributed by atoms with Crippen LogP contribution in [0.5, 0.6) is 0 Å². The van der Waals surface area contributed by atoms with Gasteiger partial charge >= 0.3 is 0 Å². The Bertz CT molecular complexity index is 385. The van der Waals surface area contributed by atoms with Crippen molar-refractivity contribution < 1.29 is 0 Å². The van der Waals surface area contributed by atoms with Crippen LogP contribution < -0.4 is 0 Å². The first-order valence-electron chi connectivity index (χ1n) is 6.62. The van der Waals surface area contributed by atoms with Crippen LogP contribution in [0.1, 0.15) is 55.9 Å². The molecule has 16 heavy (non-hydrogen) atoms. The topological polar surface area (TPSA) is 0 Å². The third kappa shape index (κ3) is 1.90. The molecule has 1 atom stereocenters. The zero-order chi connectivity index (χ0) is 11.9. The molecular formula is C16H24. The van der Waals surface area contributed by atoms with Gasteiger partial charge in [-0.1, -0.05) is 39.8 Å². The van der Waals surface area contributed by atoms with Crippen LogP contribution in [0, 0.1) is 18.8 Å². The summed E-state index contributed by atoms with van der Waals surface area (Å²) in [6.45, 7) is 11.6. The van der Waals surface area contributed by atoms with E-state index >= 15 is 0 Å². The molecule has 0 spiro atoms. The fraction of sp³-hybridized carbons (Fsp3) is 0.625. The van der Waals surface area contributed by atoms with Crippen LogP contribution >= 0.6 is 0 Å². The average molecular weight is 216 g/mol.